The van der Waals surface area contributed by atoms with Gasteiger partial charge in [0.15, 0.2) is 11.5 Å². The highest BCUT2D eigenvalue weighted by atomic mass is 35.5. The first-order valence-corrected chi connectivity index (χ1v) is 9.79. The van der Waals surface area contributed by atoms with Gasteiger partial charge in [0.25, 0.3) is 0 Å². The number of aromatic nitrogens is 3. The third kappa shape index (κ3) is 3.67. The summed E-state index contributed by atoms with van der Waals surface area (Å²) >= 11 is 6.32. The number of rotatable bonds is 5. The lowest BCUT2D eigenvalue weighted by Crippen LogP contribution is -2.16. The summed E-state index contributed by atoms with van der Waals surface area (Å²) in [6.45, 7) is 2.47. The van der Waals surface area contributed by atoms with Gasteiger partial charge in [0.05, 0.1) is 28.5 Å². The third-order valence-corrected chi connectivity index (χ3v) is 5.23. The third-order valence-electron chi connectivity index (χ3n) is 4.90. The Morgan fingerprint density at radius 1 is 1.24 bits per heavy atom. The van der Waals surface area contributed by atoms with E-state index < -0.39 is 18.0 Å². The van der Waals surface area contributed by atoms with Crippen LogP contribution in [0.5, 0.6) is 0 Å². The van der Waals surface area contributed by atoms with Crippen molar-refractivity contribution in [3.63, 3.8) is 0 Å². The van der Waals surface area contributed by atoms with E-state index in [0.717, 1.165) is 11.1 Å². The van der Waals surface area contributed by atoms with E-state index in [1.807, 2.05) is 0 Å². The Morgan fingerprint density at radius 3 is 2.69 bits per heavy atom. The van der Waals surface area contributed by atoms with Crippen molar-refractivity contribution in [3.8, 4) is 22.6 Å². The van der Waals surface area contributed by atoms with Crippen LogP contribution >= 0.6 is 11.6 Å². The molecule has 1 atom stereocenters. The standard InChI is InChI=1S/C20H19ClF3N3O2/c1-2-9-27-19(20(22,23)24)13(11-25-27)18-16(15-8-5-10-28-15)17(26-29-18)12-6-3-4-7-14(12)21/h3-4,6-7,11,15H,2,5,8-10H2,1H3. The minimum absolute atomic E-state index is 0.0292. The van der Waals surface area contributed by atoms with Crippen LogP contribution in [0.1, 0.15) is 43.5 Å². The molecular formula is C20H19ClF3N3O2. The number of ether oxygens (including phenoxy) is 1. The topological polar surface area (TPSA) is 53.1 Å². The van der Waals surface area contributed by atoms with Crippen molar-refractivity contribution in [2.45, 2.75) is 45.0 Å². The second-order valence-corrected chi connectivity index (χ2v) is 7.29. The van der Waals surface area contributed by atoms with Crippen LogP contribution in [-0.4, -0.2) is 21.5 Å². The van der Waals surface area contributed by atoms with E-state index in [-0.39, 0.29) is 17.9 Å². The molecule has 0 spiro atoms. The van der Waals surface area contributed by atoms with E-state index in [0.29, 0.717) is 41.3 Å². The fourth-order valence-electron chi connectivity index (χ4n) is 3.67. The molecule has 154 valence electrons. The fourth-order valence-corrected chi connectivity index (χ4v) is 3.90. The first kappa shape index (κ1) is 20.0. The number of halogens is 4. The Kier molecular flexibility index (Phi) is 5.40. The molecule has 0 amide bonds. The smallest absolute Gasteiger partial charge is 0.373 e. The molecule has 1 aliphatic heterocycles. The molecule has 4 rings (SSSR count). The fraction of sp³-hybridized carbons (Fsp3) is 0.400. The van der Waals surface area contributed by atoms with Crippen molar-refractivity contribution >= 4 is 11.6 Å². The predicted molar refractivity (Wildman–Crippen MR) is 101 cm³/mol. The monoisotopic (exact) mass is 425 g/mol. The van der Waals surface area contributed by atoms with E-state index in [4.69, 9.17) is 20.9 Å². The summed E-state index contributed by atoms with van der Waals surface area (Å²) in [7, 11) is 0. The van der Waals surface area contributed by atoms with E-state index >= 15 is 0 Å². The van der Waals surface area contributed by atoms with Gasteiger partial charge in [-0.15, -0.1) is 0 Å². The van der Waals surface area contributed by atoms with Crippen LogP contribution in [-0.2, 0) is 17.5 Å². The summed E-state index contributed by atoms with van der Waals surface area (Å²) in [5.74, 6) is 0.0292. The van der Waals surface area contributed by atoms with Gasteiger partial charge in [0, 0.05) is 18.7 Å². The van der Waals surface area contributed by atoms with Gasteiger partial charge in [-0.1, -0.05) is 41.9 Å². The van der Waals surface area contributed by atoms with Gasteiger partial charge in [0.1, 0.15) is 5.69 Å². The summed E-state index contributed by atoms with van der Waals surface area (Å²) < 4.78 is 53.9. The molecule has 0 bridgehead atoms. The van der Waals surface area contributed by atoms with Crippen LogP contribution in [0.4, 0.5) is 13.2 Å². The molecule has 3 heterocycles. The van der Waals surface area contributed by atoms with Crippen LogP contribution in [0.2, 0.25) is 5.02 Å². The van der Waals surface area contributed by atoms with Gasteiger partial charge in [-0.2, -0.15) is 18.3 Å². The number of hydrogen-bond donors (Lipinski definition) is 0. The summed E-state index contributed by atoms with van der Waals surface area (Å²) in [6.07, 6.45) is -1.84. The van der Waals surface area contributed by atoms with Crippen molar-refractivity contribution in [2.24, 2.45) is 0 Å². The number of benzene rings is 1. The molecular weight excluding hydrogens is 407 g/mol. The average molecular weight is 426 g/mol. The van der Waals surface area contributed by atoms with Crippen LogP contribution in [0.25, 0.3) is 22.6 Å². The maximum atomic E-state index is 13.9. The molecule has 1 aliphatic rings. The molecule has 5 nitrogen and oxygen atoms in total. The normalized spacial score (nSPS) is 17.2. The Morgan fingerprint density at radius 2 is 2.03 bits per heavy atom. The maximum absolute atomic E-state index is 13.9. The van der Waals surface area contributed by atoms with Crippen LogP contribution in [0, 0.1) is 0 Å². The molecule has 1 fully saturated rings. The Bertz CT molecular complexity index is 1010. The Hall–Kier alpha value is -2.32. The minimum atomic E-state index is -4.59. The summed E-state index contributed by atoms with van der Waals surface area (Å²) in [4.78, 5) is 0. The molecule has 29 heavy (non-hydrogen) atoms. The van der Waals surface area contributed by atoms with Crippen molar-refractivity contribution in [3.05, 3.63) is 46.7 Å². The summed E-state index contributed by atoms with van der Waals surface area (Å²) in [5, 5.41) is 8.50. The second-order valence-electron chi connectivity index (χ2n) is 6.88. The van der Waals surface area contributed by atoms with Crippen molar-refractivity contribution in [1.29, 1.82) is 0 Å². The predicted octanol–water partition coefficient (Wildman–Crippen LogP) is 6.14. The molecule has 0 aliphatic carbocycles. The first-order chi connectivity index (χ1) is 13.9. The summed E-state index contributed by atoms with van der Waals surface area (Å²) in [6, 6.07) is 7.02. The van der Waals surface area contributed by atoms with Gasteiger partial charge in [-0.05, 0) is 25.3 Å². The number of aryl methyl sites for hydroxylation is 1. The van der Waals surface area contributed by atoms with E-state index in [1.54, 1.807) is 31.2 Å². The van der Waals surface area contributed by atoms with Crippen LogP contribution < -0.4 is 0 Å². The molecule has 2 aromatic heterocycles. The lowest BCUT2D eigenvalue weighted by molar-refractivity contribution is -0.143. The molecule has 1 saturated heterocycles. The second kappa shape index (κ2) is 7.84. The highest BCUT2D eigenvalue weighted by Gasteiger charge is 2.41. The van der Waals surface area contributed by atoms with E-state index in [2.05, 4.69) is 10.3 Å². The Balaban J connectivity index is 1.93. The zero-order valence-electron chi connectivity index (χ0n) is 15.7. The molecule has 3 aromatic rings. The average Bonchev–Trinajstić information content (AvgIpc) is 3.40. The quantitative estimate of drug-likeness (QED) is 0.492. The van der Waals surface area contributed by atoms with Gasteiger partial charge < -0.3 is 9.26 Å². The lowest BCUT2D eigenvalue weighted by Gasteiger charge is -2.14. The van der Waals surface area contributed by atoms with Crippen molar-refractivity contribution < 1.29 is 22.4 Å². The largest absolute Gasteiger partial charge is 0.433 e. The maximum Gasteiger partial charge on any atom is 0.433 e. The molecule has 1 aromatic carbocycles. The molecule has 0 N–H and O–H groups in total. The van der Waals surface area contributed by atoms with Gasteiger partial charge in [0.2, 0.25) is 0 Å². The molecule has 0 saturated carbocycles. The minimum Gasteiger partial charge on any atom is -0.373 e. The van der Waals surface area contributed by atoms with Gasteiger partial charge in [-0.3, -0.25) is 4.68 Å². The van der Waals surface area contributed by atoms with Gasteiger partial charge >= 0.3 is 6.18 Å². The highest BCUT2D eigenvalue weighted by molar-refractivity contribution is 6.33. The Labute approximate surface area is 170 Å². The van der Waals surface area contributed by atoms with Crippen LogP contribution in [0.3, 0.4) is 0 Å². The number of nitrogens with zero attached hydrogens (tertiary/aromatic N) is 3. The number of alkyl halides is 3. The zero-order chi connectivity index (χ0) is 20.6. The lowest BCUT2D eigenvalue weighted by atomic mass is 9.96. The SMILES string of the molecule is CCCn1ncc(-c2onc(-c3ccccc3Cl)c2C2CCCO2)c1C(F)(F)F. The molecule has 9 heteroatoms. The van der Waals surface area contributed by atoms with Crippen molar-refractivity contribution in [1.82, 2.24) is 14.9 Å². The molecule has 0 radical (unpaired) electrons. The highest BCUT2D eigenvalue weighted by Crippen LogP contribution is 2.46. The molecule has 1 unspecified atom stereocenters. The first-order valence-electron chi connectivity index (χ1n) is 9.41. The van der Waals surface area contributed by atoms with Crippen LogP contribution in [0.15, 0.2) is 35.0 Å². The summed E-state index contributed by atoms with van der Waals surface area (Å²) in [5.41, 5.74) is 0.484. The van der Waals surface area contributed by atoms with Crippen molar-refractivity contribution in [2.75, 3.05) is 6.61 Å². The zero-order valence-corrected chi connectivity index (χ0v) is 16.4. The number of hydrogen-bond acceptors (Lipinski definition) is 4. The van der Waals surface area contributed by atoms with Gasteiger partial charge in [-0.25, -0.2) is 0 Å². The van der Waals surface area contributed by atoms with E-state index in [9.17, 15) is 13.2 Å². The van der Waals surface area contributed by atoms with E-state index in [1.165, 1.54) is 6.20 Å².